The predicted molar refractivity (Wildman–Crippen MR) is 115 cm³/mol. The number of ether oxygens (including phenoxy) is 2. The fraction of sp³-hybridized carbons (Fsp3) is 0.217. The average molecular weight is 491 g/mol. The van der Waals surface area contributed by atoms with E-state index in [0.717, 1.165) is 27.6 Å². The minimum absolute atomic E-state index is 0.104. The zero-order valence-electron chi connectivity index (χ0n) is 18.3. The van der Waals surface area contributed by atoms with Gasteiger partial charge in [-0.1, -0.05) is 18.2 Å². The number of hydrogen-bond acceptors (Lipinski definition) is 7. The fourth-order valence-electron chi connectivity index (χ4n) is 3.12. The lowest BCUT2D eigenvalue weighted by Crippen LogP contribution is -2.46. The molecule has 0 saturated carbocycles. The van der Waals surface area contributed by atoms with E-state index < -0.39 is 36.6 Å². The number of fused-ring (bicyclic) bond motifs is 1. The number of amides is 2. The third kappa shape index (κ3) is 6.67. The molecule has 0 aliphatic heterocycles. The summed E-state index contributed by atoms with van der Waals surface area (Å²) in [5, 5.41) is 11.8. The number of hydrogen-bond donors (Lipinski definition) is 3. The number of esters is 1. The second-order valence-electron chi connectivity index (χ2n) is 7.33. The Labute approximate surface area is 196 Å². The maximum absolute atomic E-state index is 12.4. The van der Waals surface area contributed by atoms with Crippen LogP contribution in [-0.4, -0.2) is 46.8 Å². The minimum Gasteiger partial charge on any atom is -0.489 e. The molecule has 0 spiro atoms. The predicted octanol–water partition coefficient (Wildman–Crippen LogP) is 2.83. The van der Waals surface area contributed by atoms with Gasteiger partial charge in [0, 0.05) is 22.2 Å². The standard InChI is InChI=1S/C23H20F3N3O6/c1-13-10-15(17-4-2-3-5-18(17)28-13)12-34-16-8-6-14(7-9-16)20(30)27-11-19(21(31)29-33)35-22(32)23(24,25)26/h2-10,19,33H,11-12H2,1H3,(H,27,30)(H,29,31)/t19-/m0/s1. The number of nitrogens with zero attached hydrogens (tertiary/aromatic N) is 1. The van der Waals surface area contributed by atoms with Crippen LogP contribution in [0.1, 0.15) is 21.6 Å². The monoisotopic (exact) mass is 491 g/mol. The van der Waals surface area contributed by atoms with Gasteiger partial charge in [0.1, 0.15) is 12.4 Å². The topological polar surface area (TPSA) is 127 Å². The first-order valence-corrected chi connectivity index (χ1v) is 10.2. The zero-order valence-corrected chi connectivity index (χ0v) is 18.3. The first kappa shape index (κ1) is 25.4. The summed E-state index contributed by atoms with van der Waals surface area (Å²) in [4.78, 5) is 39.2. The number of hydroxylamine groups is 1. The Kier molecular flexibility index (Phi) is 7.87. The van der Waals surface area contributed by atoms with E-state index in [4.69, 9.17) is 9.94 Å². The van der Waals surface area contributed by atoms with Crippen molar-refractivity contribution in [3.8, 4) is 5.75 Å². The molecule has 0 unspecified atom stereocenters. The van der Waals surface area contributed by atoms with Crippen molar-refractivity contribution in [2.45, 2.75) is 25.8 Å². The number of halogens is 3. The average Bonchev–Trinajstić information content (AvgIpc) is 2.83. The van der Waals surface area contributed by atoms with Crippen LogP contribution in [0.2, 0.25) is 0 Å². The summed E-state index contributed by atoms with van der Waals surface area (Å²) in [5.74, 6) is -4.38. The first-order chi connectivity index (χ1) is 16.6. The molecule has 2 amide bonds. The van der Waals surface area contributed by atoms with Crippen molar-refractivity contribution in [1.82, 2.24) is 15.8 Å². The molecule has 0 aliphatic rings. The highest BCUT2D eigenvalue weighted by molar-refractivity contribution is 5.95. The molecule has 1 aromatic heterocycles. The van der Waals surface area contributed by atoms with Crippen LogP contribution in [0.4, 0.5) is 13.2 Å². The van der Waals surface area contributed by atoms with Gasteiger partial charge in [-0.15, -0.1) is 0 Å². The van der Waals surface area contributed by atoms with Crippen LogP contribution in [0.15, 0.2) is 54.6 Å². The molecular weight excluding hydrogens is 471 g/mol. The summed E-state index contributed by atoms with van der Waals surface area (Å²) in [6.07, 6.45) is -7.45. The van der Waals surface area contributed by atoms with Crippen LogP contribution < -0.4 is 15.5 Å². The van der Waals surface area contributed by atoms with Crippen molar-refractivity contribution >= 4 is 28.7 Å². The summed E-state index contributed by atoms with van der Waals surface area (Å²) < 4.78 is 46.9. The van der Waals surface area contributed by atoms with E-state index >= 15 is 0 Å². The number of carbonyl (C=O) groups is 3. The highest BCUT2D eigenvalue weighted by atomic mass is 19.4. The Balaban J connectivity index is 1.60. The third-order valence-electron chi connectivity index (χ3n) is 4.77. The van der Waals surface area contributed by atoms with Crippen molar-refractivity contribution in [1.29, 1.82) is 0 Å². The number of nitrogens with one attached hydrogen (secondary N) is 2. The van der Waals surface area contributed by atoms with Gasteiger partial charge in [-0.2, -0.15) is 13.2 Å². The van der Waals surface area contributed by atoms with Crippen LogP contribution in [0, 0.1) is 6.92 Å². The van der Waals surface area contributed by atoms with Gasteiger partial charge in [0.2, 0.25) is 0 Å². The van der Waals surface area contributed by atoms with Gasteiger partial charge in [-0.05, 0) is 43.3 Å². The number of carbonyl (C=O) groups excluding carboxylic acids is 3. The van der Waals surface area contributed by atoms with Crippen LogP contribution >= 0.6 is 0 Å². The van der Waals surface area contributed by atoms with Crippen LogP contribution in [0.5, 0.6) is 5.75 Å². The minimum atomic E-state index is -5.35. The van der Waals surface area contributed by atoms with Gasteiger partial charge < -0.3 is 14.8 Å². The molecular formula is C23H20F3N3O6. The normalized spacial score (nSPS) is 12.0. The van der Waals surface area contributed by atoms with Crippen LogP contribution in [0.25, 0.3) is 10.9 Å². The van der Waals surface area contributed by atoms with Crippen molar-refractivity contribution in [3.63, 3.8) is 0 Å². The highest BCUT2D eigenvalue weighted by Crippen LogP contribution is 2.21. The summed E-state index contributed by atoms with van der Waals surface area (Å²) >= 11 is 0. The van der Waals surface area contributed by atoms with E-state index in [0.29, 0.717) is 5.75 Å². The van der Waals surface area contributed by atoms with Gasteiger partial charge in [-0.3, -0.25) is 19.8 Å². The molecule has 0 aliphatic carbocycles. The maximum Gasteiger partial charge on any atom is 0.490 e. The molecule has 3 rings (SSSR count). The van der Waals surface area contributed by atoms with Gasteiger partial charge in [0.15, 0.2) is 6.10 Å². The van der Waals surface area contributed by atoms with Crippen molar-refractivity contribution < 1.29 is 42.2 Å². The molecule has 1 atom stereocenters. The molecule has 9 nitrogen and oxygen atoms in total. The Morgan fingerprint density at radius 2 is 1.77 bits per heavy atom. The van der Waals surface area contributed by atoms with Crippen molar-refractivity contribution in [2.75, 3.05) is 6.54 Å². The van der Waals surface area contributed by atoms with Crippen molar-refractivity contribution in [2.24, 2.45) is 0 Å². The molecule has 2 aromatic carbocycles. The Morgan fingerprint density at radius 3 is 2.43 bits per heavy atom. The summed E-state index contributed by atoms with van der Waals surface area (Å²) in [6.45, 7) is 1.32. The fourth-order valence-corrected chi connectivity index (χ4v) is 3.12. The van der Waals surface area contributed by atoms with Crippen molar-refractivity contribution in [3.05, 3.63) is 71.4 Å². The highest BCUT2D eigenvalue weighted by Gasteiger charge is 2.43. The largest absolute Gasteiger partial charge is 0.490 e. The molecule has 0 saturated heterocycles. The van der Waals surface area contributed by atoms with Crippen LogP contribution in [-0.2, 0) is 20.9 Å². The van der Waals surface area contributed by atoms with E-state index in [1.165, 1.54) is 24.3 Å². The lowest BCUT2D eigenvalue weighted by Gasteiger charge is -2.17. The zero-order chi connectivity index (χ0) is 25.6. The lowest BCUT2D eigenvalue weighted by atomic mass is 10.1. The Hall–Kier alpha value is -4.19. The Bertz CT molecular complexity index is 1230. The number of benzene rings is 2. The first-order valence-electron chi connectivity index (χ1n) is 10.2. The van der Waals surface area contributed by atoms with Crippen LogP contribution in [0.3, 0.4) is 0 Å². The summed E-state index contributed by atoms with van der Waals surface area (Å²) in [7, 11) is 0. The van der Waals surface area contributed by atoms with Gasteiger partial charge in [0.05, 0.1) is 12.1 Å². The molecule has 0 radical (unpaired) electrons. The number of aryl methyl sites for hydroxylation is 1. The number of pyridine rings is 1. The second kappa shape index (κ2) is 10.8. The molecule has 0 fully saturated rings. The van der Waals surface area contributed by atoms with E-state index in [1.54, 1.807) is 0 Å². The molecule has 0 bridgehead atoms. The Morgan fingerprint density at radius 1 is 1.09 bits per heavy atom. The van der Waals surface area contributed by atoms with E-state index in [2.05, 4.69) is 15.0 Å². The quantitative estimate of drug-likeness (QED) is 0.251. The number of aromatic nitrogens is 1. The maximum atomic E-state index is 12.4. The smallest absolute Gasteiger partial charge is 0.489 e. The second-order valence-corrected chi connectivity index (χ2v) is 7.33. The van der Waals surface area contributed by atoms with E-state index in [9.17, 15) is 27.6 Å². The molecule has 3 N–H and O–H groups in total. The number of rotatable bonds is 8. The van der Waals surface area contributed by atoms with Gasteiger partial charge in [0.25, 0.3) is 11.8 Å². The molecule has 3 aromatic rings. The number of para-hydroxylation sites is 1. The van der Waals surface area contributed by atoms with E-state index in [-0.39, 0.29) is 12.2 Å². The third-order valence-corrected chi connectivity index (χ3v) is 4.77. The molecule has 35 heavy (non-hydrogen) atoms. The number of alkyl halides is 3. The van der Waals surface area contributed by atoms with Gasteiger partial charge >= 0.3 is 12.1 Å². The van der Waals surface area contributed by atoms with Gasteiger partial charge in [-0.25, -0.2) is 10.3 Å². The summed E-state index contributed by atoms with van der Waals surface area (Å²) in [5.41, 5.74) is 3.79. The SMILES string of the molecule is Cc1cc(COc2ccc(C(=O)NC[C@H](OC(=O)C(F)(F)F)C(=O)NO)cc2)c2ccccc2n1. The molecule has 184 valence electrons. The van der Waals surface area contributed by atoms with E-state index in [1.807, 2.05) is 37.3 Å². The lowest BCUT2D eigenvalue weighted by molar-refractivity contribution is -0.205. The molecule has 1 heterocycles. The molecule has 12 heteroatoms. The summed E-state index contributed by atoms with van der Waals surface area (Å²) in [6, 6.07) is 15.4.